The van der Waals surface area contributed by atoms with Crippen LogP contribution in [0.5, 0.6) is 11.5 Å². The van der Waals surface area contributed by atoms with Crippen LogP contribution in [0.25, 0.3) is 0 Å². The fourth-order valence-corrected chi connectivity index (χ4v) is 3.55. The Balaban J connectivity index is 1.88. The summed E-state index contributed by atoms with van der Waals surface area (Å²) < 4.78 is 6.08. The van der Waals surface area contributed by atoms with Gasteiger partial charge in [-0.1, -0.05) is 29.8 Å². The van der Waals surface area contributed by atoms with Gasteiger partial charge in [-0.15, -0.1) is 0 Å². The zero-order valence-corrected chi connectivity index (χ0v) is 13.6. The molecule has 0 bridgehead atoms. The molecule has 122 valence electrons. The predicted molar refractivity (Wildman–Crippen MR) is 90.1 cm³/mol. The topological polar surface area (TPSA) is 58.6 Å². The molecular weight excluding hydrogens is 304 g/mol. The molecule has 5 heteroatoms. The maximum absolute atomic E-state index is 12.9. The van der Waals surface area contributed by atoms with Crippen LogP contribution in [-0.4, -0.2) is 17.9 Å². The van der Waals surface area contributed by atoms with Gasteiger partial charge in [0.05, 0.1) is 11.7 Å². The summed E-state index contributed by atoms with van der Waals surface area (Å²) in [5, 5.41) is 2.77. The number of carbonyl (C=O) groups excluding carboxylic acids is 2. The number of fused-ring (bicyclic) bond motifs is 5. The number of nitrogens with zero attached hydrogens (tertiary/aromatic N) is 1. The number of hydrogen-bond acceptors (Lipinski definition) is 3. The number of anilines is 1. The van der Waals surface area contributed by atoms with Gasteiger partial charge < -0.3 is 10.1 Å². The van der Waals surface area contributed by atoms with Gasteiger partial charge in [0.15, 0.2) is 5.75 Å². The van der Waals surface area contributed by atoms with Crippen LogP contribution in [0, 0.1) is 6.92 Å². The molecule has 2 aromatic carbocycles. The number of ether oxygens (including phenoxy) is 1. The molecule has 2 unspecified atom stereocenters. The number of hydrogen-bond donors (Lipinski definition) is 1. The molecule has 24 heavy (non-hydrogen) atoms. The second-order valence-corrected chi connectivity index (χ2v) is 6.32. The third kappa shape index (κ3) is 2.24. The average molecular weight is 322 g/mol. The van der Waals surface area contributed by atoms with Gasteiger partial charge in [-0.05, 0) is 25.1 Å². The highest BCUT2D eigenvalue weighted by molar-refractivity contribution is 6.03. The minimum Gasteiger partial charge on any atom is -0.455 e. The minimum atomic E-state index is -0.507. The Kier molecular flexibility index (Phi) is 3.30. The highest BCUT2D eigenvalue weighted by atomic mass is 16.5. The van der Waals surface area contributed by atoms with Crippen LogP contribution in [0.2, 0.25) is 0 Å². The standard InChI is InChI=1S/C19H18N2O3/c1-11-7-8-17-13(9-11)16-10-14(20-12(2)22)19(23)21(16)15-5-3-4-6-18(15)24-17/h3-9,14,16H,10H2,1-2H3,(H,20,22). The van der Waals surface area contributed by atoms with E-state index in [9.17, 15) is 9.59 Å². The van der Waals surface area contributed by atoms with Gasteiger partial charge in [-0.25, -0.2) is 0 Å². The summed E-state index contributed by atoms with van der Waals surface area (Å²) in [4.78, 5) is 26.2. The molecule has 2 amide bonds. The molecule has 2 aromatic rings. The summed E-state index contributed by atoms with van der Waals surface area (Å²) in [6.45, 7) is 3.46. The van der Waals surface area contributed by atoms with Crippen LogP contribution >= 0.6 is 0 Å². The summed E-state index contributed by atoms with van der Waals surface area (Å²) in [6.07, 6.45) is 0.534. The molecule has 1 fully saturated rings. The molecule has 2 atom stereocenters. The Morgan fingerprint density at radius 2 is 2.00 bits per heavy atom. The minimum absolute atomic E-state index is 0.0967. The maximum Gasteiger partial charge on any atom is 0.250 e. The Morgan fingerprint density at radius 1 is 1.21 bits per heavy atom. The third-order valence-electron chi connectivity index (χ3n) is 4.55. The first-order valence-electron chi connectivity index (χ1n) is 8.02. The van der Waals surface area contributed by atoms with E-state index in [-0.39, 0.29) is 17.9 Å². The quantitative estimate of drug-likeness (QED) is 0.878. The zero-order valence-electron chi connectivity index (χ0n) is 13.6. The first-order valence-corrected chi connectivity index (χ1v) is 8.02. The highest BCUT2D eigenvalue weighted by Gasteiger charge is 2.45. The Bertz CT molecular complexity index is 846. The monoisotopic (exact) mass is 322 g/mol. The van der Waals surface area contributed by atoms with Crippen LogP contribution in [0.1, 0.15) is 30.5 Å². The van der Waals surface area contributed by atoms with E-state index in [1.165, 1.54) is 6.92 Å². The SMILES string of the molecule is CC(=O)NC1CC2c3cc(C)ccc3Oc3ccccc3N2C1=O. The molecule has 5 nitrogen and oxygen atoms in total. The first-order chi connectivity index (χ1) is 11.5. The Hall–Kier alpha value is -2.82. The molecule has 0 radical (unpaired) electrons. The van der Waals surface area contributed by atoms with Crippen LogP contribution < -0.4 is 15.0 Å². The van der Waals surface area contributed by atoms with Crippen molar-refractivity contribution >= 4 is 17.5 Å². The van der Waals surface area contributed by atoms with E-state index in [4.69, 9.17) is 4.74 Å². The molecule has 2 heterocycles. The first kappa shape index (κ1) is 14.8. The van der Waals surface area contributed by atoms with Gasteiger partial charge in [0.2, 0.25) is 11.8 Å². The Morgan fingerprint density at radius 3 is 2.79 bits per heavy atom. The summed E-state index contributed by atoms with van der Waals surface area (Å²) in [5.41, 5.74) is 2.83. The van der Waals surface area contributed by atoms with E-state index in [1.807, 2.05) is 43.3 Å². The predicted octanol–water partition coefficient (Wildman–Crippen LogP) is 3.08. The second kappa shape index (κ2) is 5.37. The van der Waals surface area contributed by atoms with Crippen molar-refractivity contribution in [1.29, 1.82) is 0 Å². The van der Waals surface area contributed by atoms with E-state index >= 15 is 0 Å². The van der Waals surface area contributed by atoms with E-state index in [0.717, 1.165) is 22.6 Å². The number of benzene rings is 2. The van der Waals surface area contributed by atoms with Crippen LogP contribution in [0.15, 0.2) is 42.5 Å². The van der Waals surface area contributed by atoms with Crippen LogP contribution in [-0.2, 0) is 9.59 Å². The van der Waals surface area contributed by atoms with Crippen LogP contribution in [0.3, 0.4) is 0 Å². The molecule has 1 saturated heterocycles. The highest BCUT2D eigenvalue weighted by Crippen LogP contribution is 2.48. The van der Waals surface area contributed by atoms with Gasteiger partial charge in [-0.2, -0.15) is 0 Å². The lowest BCUT2D eigenvalue weighted by molar-refractivity contribution is -0.125. The van der Waals surface area contributed by atoms with Crippen molar-refractivity contribution in [3.8, 4) is 11.5 Å². The van der Waals surface area contributed by atoms with E-state index in [1.54, 1.807) is 4.90 Å². The lowest BCUT2D eigenvalue weighted by atomic mass is 10.00. The summed E-state index contributed by atoms with van der Waals surface area (Å²) in [6, 6.07) is 12.9. The summed E-state index contributed by atoms with van der Waals surface area (Å²) in [7, 11) is 0. The molecule has 4 rings (SSSR count). The second-order valence-electron chi connectivity index (χ2n) is 6.32. The fraction of sp³-hybridized carbons (Fsp3) is 0.263. The van der Waals surface area contributed by atoms with Crippen molar-refractivity contribution in [2.45, 2.75) is 32.4 Å². The summed E-state index contributed by atoms with van der Waals surface area (Å²) >= 11 is 0. The molecular formula is C19H18N2O3. The van der Waals surface area contributed by atoms with Gasteiger partial charge >= 0.3 is 0 Å². The van der Waals surface area contributed by atoms with Crippen molar-refractivity contribution in [3.63, 3.8) is 0 Å². The smallest absolute Gasteiger partial charge is 0.250 e. The van der Waals surface area contributed by atoms with Crippen LogP contribution in [0.4, 0.5) is 5.69 Å². The molecule has 0 spiro atoms. The zero-order chi connectivity index (χ0) is 16.8. The van der Waals surface area contributed by atoms with E-state index in [2.05, 4.69) is 11.4 Å². The van der Waals surface area contributed by atoms with Gasteiger partial charge in [0.1, 0.15) is 11.8 Å². The summed E-state index contributed by atoms with van der Waals surface area (Å²) in [5.74, 6) is 1.12. The molecule has 1 N–H and O–H groups in total. The number of para-hydroxylation sites is 2. The van der Waals surface area contributed by atoms with Crippen molar-refractivity contribution in [3.05, 3.63) is 53.6 Å². The lowest BCUT2D eigenvalue weighted by Gasteiger charge is -2.23. The molecule has 0 saturated carbocycles. The van der Waals surface area contributed by atoms with Crippen molar-refractivity contribution in [2.75, 3.05) is 4.90 Å². The number of nitrogens with one attached hydrogen (secondary N) is 1. The molecule has 2 aliphatic rings. The number of amides is 2. The average Bonchev–Trinajstić information content (AvgIpc) is 2.78. The third-order valence-corrected chi connectivity index (χ3v) is 4.55. The Labute approximate surface area is 140 Å². The van der Waals surface area contributed by atoms with E-state index in [0.29, 0.717) is 12.2 Å². The van der Waals surface area contributed by atoms with Gasteiger partial charge in [-0.3, -0.25) is 14.5 Å². The lowest BCUT2D eigenvalue weighted by Crippen LogP contribution is -2.40. The van der Waals surface area contributed by atoms with Crippen molar-refractivity contribution in [1.82, 2.24) is 5.32 Å². The van der Waals surface area contributed by atoms with Crippen molar-refractivity contribution < 1.29 is 14.3 Å². The molecule has 2 aliphatic heterocycles. The van der Waals surface area contributed by atoms with Gasteiger partial charge in [0.25, 0.3) is 0 Å². The maximum atomic E-state index is 12.9. The number of carbonyl (C=O) groups is 2. The van der Waals surface area contributed by atoms with Gasteiger partial charge in [0, 0.05) is 18.9 Å². The molecule has 0 aliphatic carbocycles. The number of aryl methyl sites for hydroxylation is 1. The van der Waals surface area contributed by atoms with Crippen molar-refractivity contribution in [2.24, 2.45) is 0 Å². The number of rotatable bonds is 1. The normalized spacial score (nSPS) is 21.2. The van der Waals surface area contributed by atoms with E-state index < -0.39 is 6.04 Å². The fourth-order valence-electron chi connectivity index (χ4n) is 3.55. The molecule has 0 aromatic heterocycles. The largest absolute Gasteiger partial charge is 0.455 e.